The average molecular weight is 2020 g/mol. The van der Waals surface area contributed by atoms with Crippen molar-refractivity contribution in [3.05, 3.63) is 71.6 Å². The highest BCUT2D eigenvalue weighted by atomic mass is 35.5. The van der Waals surface area contributed by atoms with Crippen molar-refractivity contribution in [2.45, 2.75) is 240 Å². The van der Waals surface area contributed by atoms with Crippen LogP contribution >= 0.6 is 0 Å². The van der Waals surface area contributed by atoms with Gasteiger partial charge in [0.2, 0.25) is 47.3 Å². The van der Waals surface area contributed by atoms with Crippen LogP contribution in [0.25, 0.3) is 33.4 Å². The predicted octanol–water partition coefficient (Wildman–Crippen LogP) is 11.5. The number of carbonyl (C=O) groups is 7. The van der Waals surface area contributed by atoms with Crippen molar-refractivity contribution in [2.24, 2.45) is 40.1 Å². The number of alkyl halides is 26. The van der Waals surface area contributed by atoms with Crippen LogP contribution in [0.1, 0.15) is 178 Å². The van der Waals surface area contributed by atoms with E-state index in [2.05, 4.69) is 0 Å². The molecule has 0 atom stereocenters. The van der Waals surface area contributed by atoms with Crippen LogP contribution in [0.4, 0.5) is 120 Å². The van der Waals surface area contributed by atoms with Gasteiger partial charge in [-0.15, -0.1) is 0 Å². The summed E-state index contributed by atoms with van der Waals surface area (Å²) >= 11 is 0. The summed E-state index contributed by atoms with van der Waals surface area (Å²) in [4.78, 5) is 110. The number of unbranched alkanes of at least 4 members (excludes halogenated alkanes) is 18. The molecule has 1 aliphatic carbocycles. The Labute approximate surface area is 776 Å². The van der Waals surface area contributed by atoms with E-state index in [0.717, 1.165) is 54.3 Å². The highest BCUT2D eigenvalue weighted by Gasteiger charge is 2.92. The molecule has 0 saturated carbocycles. The van der Waals surface area contributed by atoms with Crippen molar-refractivity contribution in [3.63, 3.8) is 0 Å². The first-order valence-electron chi connectivity index (χ1n) is 44.4. The van der Waals surface area contributed by atoms with Gasteiger partial charge in [0.05, 0.1) is 45.3 Å². The molecule has 50 heteroatoms. The van der Waals surface area contributed by atoms with Gasteiger partial charge in [-0.05, 0) is 160 Å². The van der Waals surface area contributed by atoms with Crippen LogP contribution in [0, 0.1) is 0 Å². The molecule has 4 rings (SSSR count). The summed E-state index contributed by atoms with van der Waals surface area (Å²) in [6.45, 7) is -9.50. The van der Waals surface area contributed by atoms with E-state index in [1.54, 1.807) is 0 Å². The largest absolute Gasteiger partial charge is 1.00 e. The van der Waals surface area contributed by atoms with Gasteiger partial charge in [-0.1, -0.05) is 95.2 Å². The van der Waals surface area contributed by atoms with Gasteiger partial charge < -0.3 is 91.3 Å². The van der Waals surface area contributed by atoms with Crippen molar-refractivity contribution in [1.82, 2.24) is 34.0 Å². The van der Waals surface area contributed by atoms with Gasteiger partial charge >= 0.3 is 71.6 Å². The van der Waals surface area contributed by atoms with E-state index in [9.17, 15) is 93.4 Å². The van der Waals surface area contributed by atoms with Crippen LogP contribution in [-0.2, 0) is 28.8 Å². The fourth-order valence-electron chi connectivity index (χ4n) is 14.7. The monoisotopic (exact) mass is 2020 g/mol. The number of anilines is 1. The summed E-state index contributed by atoms with van der Waals surface area (Å²) in [5, 5.41) is -1.42. The van der Waals surface area contributed by atoms with Gasteiger partial charge in [0.15, 0.2) is 0 Å². The number of hydrogen-bond acceptors (Lipinski definition) is 15. The molecule has 1 aliphatic heterocycles. The molecule has 2 aliphatic rings. The van der Waals surface area contributed by atoms with Gasteiger partial charge in [-0.25, -0.2) is 4.58 Å². The van der Waals surface area contributed by atoms with Crippen molar-refractivity contribution in [1.29, 1.82) is 0 Å². The summed E-state index contributed by atoms with van der Waals surface area (Å²) in [6, 6.07) is 8.71. The first kappa shape index (κ1) is 122. The molecule has 2 aromatic rings. The smallest absolute Gasteiger partial charge is 0.460 e. The Bertz CT molecular complexity index is 4460. The second-order valence-electron chi connectivity index (χ2n) is 32.9. The lowest BCUT2D eigenvalue weighted by Gasteiger charge is -2.41. The fourth-order valence-corrected chi connectivity index (χ4v) is 14.7. The fraction of sp³-hybridized carbons (Fsp3) is 0.698. The number of amides is 7. The summed E-state index contributed by atoms with van der Waals surface area (Å²) in [6.07, 6.45) is -4.00. The Balaban J connectivity index is 0.0000476. The highest BCUT2D eigenvalue weighted by molar-refractivity contribution is 6.10. The Morgan fingerprint density at radius 2 is 0.662 bits per heavy atom. The number of fused-ring (bicyclic) bond motifs is 2. The van der Waals surface area contributed by atoms with E-state index in [4.69, 9.17) is 44.6 Å². The summed E-state index contributed by atoms with van der Waals surface area (Å²) in [7, 11) is 0. The molecule has 1 heterocycles. The number of hydrogen-bond donors (Lipinski definition) is 7. The van der Waals surface area contributed by atoms with Crippen LogP contribution in [-0.4, -0.2) is 286 Å². The van der Waals surface area contributed by atoms with E-state index in [0.29, 0.717) is 179 Å². The van der Waals surface area contributed by atoms with Crippen molar-refractivity contribution in [2.75, 3.05) is 149 Å². The quantitative estimate of drug-likeness (QED) is 0.00935. The molecule has 0 spiro atoms. The third-order valence-electron chi connectivity index (χ3n) is 22.7. The summed E-state index contributed by atoms with van der Waals surface area (Å²) in [5.41, 5.74) is 36.7. The summed E-state index contributed by atoms with van der Waals surface area (Å²) < 4.78 is 384. The number of carbonyl (C=O) groups excluding carboxylic acids is 7. The molecule has 0 bridgehead atoms. The standard InChI is InChI=1S/C86H121F26N15O8.ClH/c1-3-120(57-75(87,88)77(91,92)79(95,96)81(99,100)83(103,104)85(107,108)109)59-33-35-63-65(49-59)135-66-50-60(121(4-2)58-76(89,90)78(93,94)80(97,98)82(101,102)84(105,106)86(110,111)112)34-36-64(66)73(63)61-31-17-18-32-62(61)74(134)127(48-30-16-10-24-42-118)56-72(133)126(47-29-15-9-23-41-117)55-71(132)125(46-28-14-8-22-40-116)54-70(131)124(45-27-13-7-21-39-115)53-69(130)123(44-26-12-6-20-38-114)52-68(129)122(51-67(119)128)43-25-11-5-19-37-113;/h17-18,31-36,49-50H,3-16,19-30,37-48,51-58,113-118H2,1-2H3,(H-,119,128);1H. The van der Waals surface area contributed by atoms with E-state index in [-0.39, 0.29) is 99.1 Å². The second-order valence-corrected chi connectivity index (χ2v) is 32.9. The van der Waals surface area contributed by atoms with E-state index < -0.39 is 223 Å². The Morgan fingerprint density at radius 1 is 0.346 bits per heavy atom. The van der Waals surface area contributed by atoms with Crippen molar-refractivity contribution < 1.29 is 165 Å². The minimum atomic E-state index is -8.33. The molecule has 2 aromatic carbocycles. The number of nitrogens with two attached hydrogens (primary N) is 7. The van der Waals surface area contributed by atoms with Crippen molar-refractivity contribution in [3.8, 4) is 22.5 Å². The van der Waals surface area contributed by atoms with Crippen LogP contribution in [0.5, 0.6) is 0 Å². The lowest BCUT2D eigenvalue weighted by Crippen LogP contribution is -3.00. The first-order chi connectivity index (χ1) is 62.9. The molecule has 0 fully saturated rings. The molecule has 136 heavy (non-hydrogen) atoms. The van der Waals surface area contributed by atoms with Gasteiger partial charge in [0.25, 0.3) is 5.91 Å². The van der Waals surface area contributed by atoms with E-state index >= 15 is 54.3 Å². The first-order valence-corrected chi connectivity index (χ1v) is 44.4. The number of nitrogens with zero attached hydrogens (tertiary/aromatic N) is 8. The van der Waals surface area contributed by atoms with E-state index in [1.165, 1.54) is 31.7 Å². The summed E-state index contributed by atoms with van der Waals surface area (Å²) in [5.74, 6) is -85.2. The van der Waals surface area contributed by atoms with Crippen LogP contribution in [0.3, 0.4) is 0 Å². The third-order valence-corrected chi connectivity index (χ3v) is 22.7. The predicted molar refractivity (Wildman–Crippen MR) is 452 cm³/mol. The number of rotatable bonds is 65. The molecule has 23 nitrogen and oxygen atoms in total. The molecule has 778 valence electrons. The second kappa shape index (κ2) is 53.7. The maximum atomic E-state index is 15.9. The maximum Gasteiger partial charge on any atom is 0.460 e. The molecule has 14 N–H and O–H groups in total. The van der Waals surface area contributed by atoms with E-state index in [1.807, 2.05) is 0 Å². The van der Waals surface area contributed by atoms with Gasteiger partial charge in [0, 0.05) is 85.7 Å². The molecule has 0 saturated heterocycles. The molecule has 0 unspecified atom stereocenters. The average Bonchev–Trinajstić information content (AvgIpc) is 0.709. The molecule has 7 amide bonds. The van der Waals surface area contributed by atoms with Crippen LogP contribution < -0.4 is 67.4 Å². The number of primary amides is 1. The Kier molecular flexibility index (Phi) is 48.0. The zero-order valence-electron chi connectivity index (χ0n) is 75.4. The molecular weight excluding hydrogens is 1900 g/mol. The maximum absolute atomic E-state index is 15.9. The highest BCUT2D eigenvalue weighted by Crippen LogP contribution is 2.62. The lowest BCUT2D eigenvalue weighted by atomic mass is 9.90. The zero-order valence-corrected chi connectivity index (χ0v) is 76.1. The SMILES string of the molecule is CCN(CC(F)(F)C(F)(F)C(F)(F)C(F)(F)C(F)(F)C(F)(F)F)c1ccc2c(-c3ccccc3C(=O)N(CCCCCCN)CC(=O)N(CCCCCCN)CC(=O)N(CCCCCCN)CC(=O)N(CCCCCCN)CC(=O)N(CCCCCCN)CC(=O)N(CCCCCCN)CC(N)=O)c3ccc(=[N+](CC)CC(F)(F)C(F)(F)C(F)(F)C(F)(F)C(F)(F)C(F)(F)F)cc-3oc2c1.[Cl-]. The molecular formula is C86H122ClF26N15O8. The Hall–Kier alpha value is -8.55. The van der Waals surface area contributed by atoms with Gasteiger partial charge in [0.1, 0.15) is 24.4 Å². The van der Waals surface area contributed by atoms with Gasteiger partial charge in [-0.3, -0.25) is 33.6 Å². The minimum Gasteiger partial charge on any atom is -1.00 e. The zero-order chi connectivity index (χ0) is 102. The number of halogens is 27. The molecule has 0 radical (unpaired) electrons. The Morgan fingerprint density at radius 3 is 0.993 bits per heavy atom. The normalized spacial score (nSPS) is 13.2. The topological polar surface area (TPSA) is 340 Å². The van der Waals surface area contributed by atoms with Crippen LogP contribution in [0.2, 0.25) is 0 Å². The van der Waals surface area contributed by atoms with Crippen molar-refractivity contribution >= 4 is 58.0 Å². The number of benzene rings is 3. The minimum absolute atomic E-state index is 0. The third kappa shape index (κ3) is 31.0. The molecule has 0 aromatic heterocycles. The van der Waals surface area contributed by atoms with Gasteiger partial charge in [-0.2, -0.15) is 114 Å². The lowest BCUT2D eigenvalue weighted by molar-refractivity contribution is -0.439. The van der Waals surface area contributed by atoms with Crippen LogP contribution in [0.15, 0.2) is 65.1 Å².